The number of rotatable bonds is 6. The molecule has 0 aliphatic heterocycles. The number of carboxylic acids is 1. The predicted molar refractivity (Wildman–Crippen MR) is 55.7 cm³/mol. The van der Waals surface area contributed by atoms with Crippen LogP contribution in [0.4, 0.5) is 0 Å². The highest BCUT2D eigenvalue weighted by Crippen LogP contribution is 1.86. The van der Waals surface area contributed by atoms with Gasteiger partial charge in [0.15, 0.2) is 0 Å². The number of carbonyl (C=O) groups excluding carboxylic acids is 1. The van der Waals surface area contributed by atoms with E-state index in [1.807, 2.05) is 6.92 Å². The summed E-state index contributed by atoms with van der Waals surface area (Å²) >= 11 is 0. The van der Waals surface area contributed by atoms with E-state index in [2.05, 4.69) is 4.74 Å². The molecule has 0 spiro atoms. The largest absolute Gasteiger partial charge is 0.481 e. The zero-order valence-corrected chi connectivity index (χ0v) is 9.62. The second-order valence-corrected chi connectivity index (χ2v) is 2.50. The molecule has 5 heteroatoms. The monoisotopic (exact) mass is 220 g/mol. The van der Waals surface area contributed by atoms with Crippen molar-refractivity contribution in [2.45, 2.75) is 33.6 Å². The Kier molecular flexibility index (Phi) is 14.0. The van der Waals surface area contributed by atoms with E-state index in [0.717, 1.165) is 0 Å². The first-order valence-electron chi connectivity index (χ1n) is 5.03. The molecule has 0 aromatic heterocycles. The average molecular weight is 220 g/mol. The molecule has 0 aliphatic rings. The van der Waals surface area contributed by atoms with E-state index in [1.165, 1.54) is 0 Å². The van der Waals surface area contributed by atoms with Crippen LogP contribution in [-0.4, -0.2) is 36.9 Å². The minimum atomic E-state index is -0.745. The fraction of sp³-hybridized carbons (Fsp3) is 0.800. The molecule has 0 rings (SSSR count). The summed E-state index contributed by atoms with van der Waals surface area (Å²) in [6.45, 7) is 6.85. The number of aliphatic carboxylic acids is 1. The number of ether oxygens (including phenoxy) is 2. The molecule has 0 bridgehead atoms. The molecule has 0 heterocycles. The molecule has 0 saturated carbocycles. The van der Waals surface area contributed by atoms with E-state index in [0.29, 0.717) is 26.2 Å². The summed E-state index contributed by atoms with van der Waals surface area (Å²) in [5.41, 5.74) is 0. The third kappa shape index (κ3) is 19.3. The van der Waals surface area contributed by atoms with Crippen molar-refractivity contribution in [3.63, 3.8) is 0 Å². The van der Waals surface area contributed by atoms with Gasteiger partial charge in [-0.3, -0.25) is 9.59 Å². The van der Waals surface area contributed by atoms with Crippen LogP contribution in [0.25, 0.3) is 0 Å². The first-order chi connectivity index (χ1) is 7.08. The lowest BCUT2D eigenvalue weighted by atomic mass is 10.5. The summed E-state index contributed by atoms with van der Waals surface area (Å²) in [4.78, 5) is 20.0. The van der Waals surface area contributed by atoms with Crippen molar-refractivity contribution in [3.8, 4) is 0 Å². The normalized spacial score (nSPS) is 8.73. The maximum absolute atomic E-state index is 10.6. The zero-order valence-electron chi connectivity index (χ0n) is 9.62. The van der Waals surface area contributed by atoms with Gasteiger partial charge in [-0.2, -0.15) is 0 Å². The van der Waals surface area contributed by atoms with E-state index in [9.17, 15) is 9.59 Å². The van der Waals surface area contributed by atoms with E-state index in [4.69, 9.17) is 9.84 Å². The summed E-state index contributed by atoms with van der Waals surface area (Å²) in [5, 5.41) is 7.72. The smallest absolute Gasteiger partial charge is 0.308 e. The Balaban J connectivity index is 0. The van der Waals surface area contributed by atoms with Gasteiger partial charge in [0.2, 0.25) is 0 Å². The van der Waals surface area contributed by atoms with Gasteiger partial charge < -0.3 is 14.6 Å². The first-order valence-corrected chi connectivity index (χ1v) is 5.03. The van der Waals surface area contributed by atoms with Gasteiger partial charge in [0, 0.05) is 13.0 Å². The van der Waals surface area contributed by atoms with Gasteiger partial charge in [0.1, 0.15) is 0 Å². The highest BCUT2D eigenvalue weighted by atomic mass is 16.5. The molecule has 0 fully saturated rings. The highest BCUT2D eigenvalue weighted by Gasteiger charge is 1.98. The van der Waals surface area contributed by atoms with Crippen LogP contribution in [0.5, 0.6) is 0 Å². The average Bonchev–Trinajstić information content (AvgIpc) is 2.19. The van der Waals surface area contributed by atoms with Crippen molar-refractivity contribution >= 4 is 11.9 Å². The van der Waals surface area contributed by atoms with Gasteiger partial charge in [0.25, 0.3) is 0 Å². The molecule has 0 aliphatic carbocycles. The van der Waals surface area contributed by atoms with Crippen molar-refractivity contribution in [2.75, 3.05) is 19.8 Å². The van der Waals surface area contributed by atoms with Crippen molar-refractivity contribution in [3.05, 3.63) is 0 Å². The Morgan fingerprint density at radius 2 is 1.67 bits per heavy atom. The fourth-order valence-corrected chi connectivity index (χ4v) is 0.533. The molecule has 1 N–H and O–H groups in total. The topological polar surface area (TPSA) is 72.8 Å². The van der Waals surface area contributed by atoms with Crippen LogP contribution in [0.1, 0.15) is 33.6 Å². The summed E-state index contributed by atoms with van der Waals surface area (Å²) in [6, 6.07) is 0. The SMILES string of the molecule is CCC(=O)O.CCOCCC(=O)OCC. The second-order valence-electron chi connectivity index (χ2n) is 2.50. The molecule has 0 aromatic rings. The maximum Gasteiger partial charge on any atom is 0.308 e. The van der Waals surface area contributed by atoms with E-state index in [1.54, 1.807) is 13.8 Å². The van der Waals surface area contributed by atoms with Crippen molar-refractivity contribution in [1.29, 1.82) is 0 Å². The Morgan fingerprint density at radius 1 is 1.13 bits per heavy atom. The van der Waals surface area contributed by atoms with Crippen LogP contribution in [-0.2, 0) is 19.1 Å². The van der Waals surface area contributed by atoms with Gasteiger partial charge in [-0.05, 0) is 13.8 Å². The van der Waals surface area contributed by atoms with Crippen LogP contribution >= 0.6 is 0 Å². The van der Waals surface area contributed by atoms with Crippen LogP contribution < -0.4 is 0 Å². The maximum atomic E-state index is 10.6. The minimum absolute atomic E-state index is 0.184. The lowest BCUT2D eigenvalue weighted by molar-refractivity contribution is -0.144. The van der Waals surface area contributed by atoms with Crippen LogP contribution in [0.3, 0.4) is 0 Å². The van der Waals surface area contributed by atoms with Crippen molar-refractivity contribution in [1.82, 2.24) is 0 Å². The predicted octanol–water partition coefficient (Wildman–Crippen LogP) is 1.46. The van der Waals surface area contributed by atoms with Gasteiger partial charge >= 0.3 is 11.9 Å². The van der Waals surface area contributed by atoms with Crippen molar-refractivity contribution in [2.24, 2.45) is 0 Å². The molecular formula is C10H20O5. The molecular weight excluding hydrogens is 200 g/mol. The number of carbonyl (C=O) groups is 2. The Morgan fingerprint density at radius 3 is 2.00 bits per heavy atom. The quantitative estimate of drug-likeness (QED) is 0.542. The van der Waals surface area contributed by atoms with Gasteiger partial charge in [-0.25, -0.2) is 0 Å². The highest BCUT2D eigenvalue weighted by molar-refractivity contribution is 5.69. The summed E-state index contributed by atoms with van der Waals surface area (Å²) in [6.07, 6.45) is 0.585. The second kappa shape index (κ2) is 12.9. The molecule has 0 radical (unpaired) electrons. The standard InChI is InChI=1S/C7H14O3.C3H6O2/c1-3-9-6-5-7(8)10-4-2;1-2-3(4)5/h3-6H2,1-2H3;2H2,1H3,(H,4,5). The third-order valence-corrected chi connectivity index (χ3v) is 1.26. The summed E-state index contributed by atoms with van der Waals surface area (Å²) in [5.74, 6) is -0.930. The van der Waals surface area contributed by atoms with E-state index < -0.39 is 5.97 Å². The molecule has 0 aromatic carbocycles. The Labute approximate surface area is 90.4 Å². The minimum Gasteiger partial charge on any atom is -0.481 e. The summed E-state index contributed by atoms with van der Waals surface area (Å²) < 4.78 is 9.62. The summed E-state index contributed by atoms with van der Waals surface area (Å²) in [7, 11) is 0. The number of hydrogen-bond acceptors (Lipinski definition) is 4. The molecule has 0 saturated heterocycles. The molecule has 15 heavy (non-hydrogen) atoms. The van der Waals surface area contributed by atoms with Gasteiger partial charge in [-0.1, -0.05) is 6.92 Å². The van der Waals surface area contributed by atoms with Crippen LogP contribution in [0.15, 0.2) is 0 Å². The van der Waals surface area contributed by atoms with Crippen molar-refractivity contribution < 1.29 is 24.2 Å². The molecule has 90 valence electrons. The Hall–Kier alpha value is -1.10. The van der Waals surface area contributed by atoms with Gasteiger partial charge in [-0.15, -0.1) is 0 Å². The van der Waals surface area contributed by atoms with Crippen LogP contribution in [0.2, 0.25) is 0 Å². The lowest BCUT2D eigenvalue weighted by Crippen LogP contribution is -2.07. The van der Waals surface area contributed by atoms with Gasteiger partial charge in [0.05, 0.1) is 19.6 Å². The first kappa shape index (κ1) is 16.3. The van der Waals surface area contributed by atoms with E-state index >= 15 is 0 Å². The molecule has 0 unspecified atom stereocenters. The Bertz CT molecular complexity index is 167. The molecule has 0 atom stereocenters. The fourth-order valence-electron chi connectivity index (χ4n) is 0.533. The zero-order chi connectivity index (χ0) is 12.1. The number of hydrogen-bond donors (Lipinski definition) is 1. The third-order valence-electron chi connectivity index (χ3n) is 1.26. The number of carboxylic acid groups (broad SMARTS) is 1. The van der Waals surface area contributed by atoms with E-state index in [-0.39, 0.29) is 12.4 Å². The molecule has 5 nitrogen and oxygen atoms in total. The molecule has 0 amide bonds. The number of esters is 1. The van der Waals surface area contributed by atoms with Crippen LogP contribution in [0, 0.1) is 0 Å². The lowest BCUT2D eigenvalue weighted by Gasteiger charge is -2.00.